The topological polar surface area (TPSA) is 137 Å². The monoisotopic (exact) mass is 455 g/mol. The number of hydrazone groups is 1. The van der Waals surface area contributed by atoms with Gasteiger partial charge in [0.25, 0.3) is 11.6 Å². The molecular weight excluding hydrogens is 438 g/mol. The first-order valence-corrected chi connectivity index (χ1v) is 10.5. The van der Waals surface area contributed by atoms with Crippen LogP contribution in [0.2, 0.25) is 0 Å². The number of nitro benzene ring substituents is 1. The van der Waals surface area contributed by atoms with E-state index >= 15 is 0 Å². The lowest BCUT2D eigenvalue weighted by atomic mass is 10.2. The van der Waals surface area contributed by atoms with E-state index in [9.17, 15) is 23.3 Å². The van der Waals surface area contributed by atoms with Crippen LogP contribution in [-0.4, -0.2) is 32.6 Å². The molecule has 0 aliphatic heterocycles. The van der Waals surface area contributed by atoms with Gasteiger partial charge in [-0.3, -0.25) is 14.9 Å². The highest BCUT2D eigenvalue weighted by Gasteiger charge is 2.16. The Hall–Kier alpha value is -4.25. The third-order valence-electron chi connectivity index (χ3n) is 4.13. The quantitative estimate of drug-likeness (QED) is 0.238. The van der Waals surface area contributed by atoms with E-state index in [1.807, 2.05) is 0 Å². The molecular formula is C21H17N3O7S. The van der Waals surface area contributed by atoms with Crippen LogP contribution in [0.25, 0.3) is 0 Å². The van der Waals surface area contributed by atoms with Gasteiger partial charge in [0.15, 0.2) is 0 Å². The van der Waals surface area contributed by atoms with Crippen LogP contribution in [0, 0.1) is 10.1 Å². The van der Waals surface area contributed by atoms with Crippen molar-refractivity contribution in [3.05, 3.63) is 94.0 Å². The maximum Gasteiger partial charge on any atom is 0.339 e. The standard InChI is InChI=1S/C21H17N3O7S/c1-30-18-9-11-20(12-10-18)32(28,29)31-19-7-5-15(6-8-19)14-22-23-21(25)16-3-2-4-17(13-16)24(26)27/h2-14H,1H3,(H,23,25)/b22-14-. The van der Waals surface area contributed by atoms with E-state index < -0.39 is 20.9 Å². The van der Waals surface area contributed by atoms with E-state index in [1.54, 1.807) is 12.1 Å². The van der Waals surface area contributed by atoms with Gasteiger partial charge in [-0.2, -0.15) is 13.5 Å². The largest absolute Gasteiger partial charge is 0.497 e. The molecule has 0 aromatic heterocycles. The predicted octanol–water partition coefficient (Wildman–Crippen LogP) is 3.14. The maximum atomic E-state index is 12.4. The van der Waals surface area contributed by atoms with Crippen LogP contribution in [0.3, 0.4) is 0 Å². The van der Waals surface area contributed by atoms with Crippen molar-refractivity contribution in [2.75, 3.05) is 7.11 Å². The summed E-state index contributed by atoms with van der Waals surface area (Å²) < 4.78 is 34.8. The summed E-state index contributed by atoms with van der Waals surface area (Å²) in [6.45, 7) is 0. The van der Waals surface area contributed by atoms with Crippen LogP contribution >= 0.6 is 0 Å². The van der Waals surface area contributed by atoms with E-state index in [-0.39, 0.29) is 21.9 Å². The molecule has 1 amide bonds. The second kappa shape index (κ2) is 9.71. The average Bonchev–Trinajstić information content (AvgIpc) is 2.80. The van der Waals surface area contributed by atoms with Crippen molar-refractivity contribution in [3.63, 3.8) is 0 Å². The summed E-state index contributed by atoms with van der Waals surface area (Å²) in [6, 6.07) is 17.0. The van der Waals surface area contributed by atoms with Gasteiger partial charge in [0.1, 0.15) is 16.4 Å². The molecule has 0 fully saturated rings. The zero-order valence-electron chi connectivity index (χ0n) is 16.7. The fourth-order valence-electron chi connectivity index (χ4n) is 2.52. The number of nitrogens with one attached hydrogen (secondary N) is 1. The molecule has 3 aromatic rings. The molecule has 0 atom stereocenters. The fraction of sp³-hybridized carbons (Fsp3) is 0.0476. The zero-order chi connectivity index (χ0) is 23.1. The lowest BCUT2D eigenvalue weighted by Gasteiger charge is -2.08. The molecule has 0 aliphatic carbocycles. The number of nitro groups is 1. The van der Waals surface area contributed by atoms with Gasteiger partial charge in [-0.05, 0) is 60.2 Å². The van der Waals surface area contributed by atoms with Crippen LogP contribution in [0.5, 0.6) is 11.5 Å². The number of benzene rings is 3. The van der Waals surface area contributed by atoms with Gasteiger partial charge >= 0.3 is 10.1 Å². The second-order valence-corrected chi connectivity index (χ2v) is 7.83. The van der Waals surface area contributed by atoms with E-state index in [0.717, 1.165) is 6.07 Å². The number of non-ortho nitro benzene ring substituents is 1. The lowest BCUT2D eigenvalue weighted by molar-refractivity contribution is -0.384. The van der Waals surface area contributed by atoms with Crippen molar-refractivity contribution in [2.24, 2.45) is 5.10 Å². The molecule has 0 unspecified atom stereocenters. The molecule has 0 saturated carbocycles. The highest BCUT2D eigenvalue weighted by molar-refractivity contribution is 7.87. The third-order valence-corrected chi connectivity index (χ3v) is 5.39. The highest BCUT2D eigenvalue weighted by atomic mass is 32.2. The first-order chi connectivity index (χ1) is 15.3. The Morgan fingerprint density at radius 2 is 1.69 bits per heavy atom. The SMILES string of the molecule is COc1ccc(S(=O)(=O)Oc2ccc(/C=N\NC(=O)c3cccc([N+](=O)[O-])c3)cc2)cc1. The van der Waals surface area contributed by atoms with Crippen molar-refractivity contribution >= 4 is 27.9 Å². The minimum Gasteiger partial charge on any atom is -0.497 e. The number of ether oxygens (including phenoxy) is 1. The van der Waals surface area contributed by atoms with Crippen molar-refractivity contribution < 1.29 is 27.1 Å². The average molecular weight is 455 g/mol. The number of carbonyl (C=O) groups excluding carboxylic acids is 1. The summed E-state index contributed by atoms with van der Waals surface area (Å²) in [4.78, 5) is 22.2. The molecule has 11 heteroatoms. The van der Waals surface area contributed by atoms with E-state index in [2.05, 4.69) is 10.5 Å². The van der Waals surface area contributed by atoms with Gasteiger partial charge in [0.2, 0.25) is 0 Å². The van der Waals surface area contributed by atoms with Crippen LogP contribution in [-0.2, 0) is 10.1 Å². The molecule has 164 valence electrons. The smallest absolute Gasteiger partial charge is 0.339 e. The molecule has 0 saturated heterocycles. The lowest BCUT2D eigenvalue weighted by Crippen LogP contribution is -2.17. The first-order valence-electron chi connectivity index (χ1n) is 9.05. The molecule has 0 heterocycles. The van der Waals surface area contributed by atoms with Crippen molar-refractivity contribution in [1.29, 1.82) is 0 Å². The summed E-state index contributed by atoms with van der Waals surface area (Å²) in [5, 5.41) is 14.6. The second-order valence-electron chi connectivity index (χ2n) is 6.29. The van der Waals surface area contributed by atoms with E-state index in [0.29, 0.717) is 11.3 Å². The highest BCUT2D eigenvalue weighted by Crippen LogP contribution is 2.21. The number of hydrogen-bond donors (Lipinski definition) is 1. The van der Waals surface area contributed by atoms with Crippen LogP contribution in [0.1, 0.15) is 15.9 Å². The summed E-state index contributed by atoms with van der Waals surface area (Å²) in [5.74, 6) is -0.000689. The molecule has 0 bridgehead atoms. The Labute approximate surface area is 183 Å². The normalized spacial score (nSPS) is 11.2. The minimum absolute atomic E-state index is 0.0206. The number of methoxy groups -OCH3 is 1. The van der Waals surface area contributed by atoms with Crippen molar-refractivity contribution in [3.8, 4) is 11.5 Å². The number of hydrogen-bond acceptors (Lipinski definition) is 8. The Bertz CT molecular complexity index is 1260. The summed E-state index contributed by atoms with van der Waals surface area (Å²) in [5.41, 5.74) is 2.70. The number of nitrogens with zero attached hydrogens (tertiary/aromatic N) is 2. The van der Waals surface area contributed by atoms with Gasteiger partial charge in [-0.15, -0.1) is 0 Å². The Balaban J connectivity index is 1.61. The first kappa shape index (κ1) is 22.4. The van der Waals surface area contributed by atoms with Crippen LogP contribution in [0.4, 0.5) is 5.69 Å². The van der Waals surface area contributed by atoms with E-state index in [1.165, 1.54) is 67.9 Å². The van der Waals surface area contributed by atoms with Crippen molar-refractivity contribution in [1.82, 2.24) is 5.43 Å². The fourth-order valence-corrected chi connectivity index (χ4v) is 3.45. The third kappa shape index (κ3) is 5.67. The van der Waals surface area contributed by atoms with E-state index in [4.69, 9.17) is 8.92 Å². The summed E-state index contributed by atoms with van der Waals surface area (Å²) >= 11 is 0. The Kier molecular flexibility index (Phi) is 6.80. The number of amides is 1. The Morgan fingerprint density at radius 1 is 1.03 bits per heavy atom. The number of carbonyl (C=O) groups is 1. The molecule has 3 aromatic carbocycles. The molecule has 3 rings (SSSR count). The van der Waals surface area contributed by atoms with Gasteiger partial charge in [0.05, 0.1) is 18.2 Å². The number of rotatable bonds is 8. The molecule has 1 N–H and O–H groups in total. The predicted molar refractivity (Wildman–Crippen MR) is 115 cm³/mol. The summed E-state index contributed by atoms with van der Waals surface area (Å²) in [7, 11) is -2.54. The molecule has 32 heavy (non-hydrogen) atoms. The minimum atomic E-state index is -4.01. The van der Waals surface area contributed by atoms with Crippen LogP contribution in [0.15, 0.2) is 82.8 Å². The van der Waals surface area contributed by atoms with Gasteiger partial charge in [-0.25, -0.2) is 5.43 Å². The van der Waals surface area contributed by atoms with Crippen LogP contribution < -0.4 is 14.3 Å². The molecule has 0 aliphatic rings. The van der Waals surface area contributed by atoms with Crippen molar-refractivity contribution in [2.45, 2.75) is 4.90 Å². The van der Waals surface area contributed by atoms with Gasteiger partial charge < -0.3 is 8.92 Å². The van der Waals surface area contributed by atoms with Gasteiger partial charge in [0, 0.05) is 17.7 Å². The summed E-state index contributed by atoms with van der Waals surface area (Å²) in [6.07, 6.45) is 1.33. The maximum absolute atomic E-state index is 12.4. The molecule has 0 radical (unpaired) electrons. The zero-order valence-corrected chi connectivity index (χ0v) is 17.5. The molecule has 0 spiro atoms. The molecule has 10 nitrogen and oxygen atoms in total. The Morgan fingerprint density at radius 3 is 2.31 bits per heavy atom. The van der Waals surface area contributed by atoms with Gasteiger partial charge in [-0.1, -0.05) is 6.07 Å².